The maximum atomic E-state index is 6.30. The Bertz CT molecular complexity index is 829. The molecule has 0 aliphatic heterocycles. The normalized spacial score (nSPS) is 11.2. The molecule has 0 spiro atoms. The van der Waals surface area contributed by atoms with Gasteiger partial charge in [0.05, 0.1) is 13.2 Å². The predicted molar refractivity (Wildman–Crippen MR) is 100 cm³/mol. The summed E-state index contributed by atoms with van der Waals surface area (Å²) in [5, 5.41) is 1.50. The van der Waals surface area contributed by atoms with Crippen LogP contribution in [-0.2, 0) is 9.47 Å². The Labute approximate surface area is 151 Å². The van der Waals surface area contributed by atoms with Crippen molar-refractivity contribution in [3.05, 3.63) is 41.8 Å². The molecular formula is C18H21ClN4O2. The Kier molecular flexibility index (Phi) is 5.86. The summed E-state index contributed by atoms with van der Waals surface area (Å²) in [7, 11) is 3.37. The number of aromatic nitrogens is 3. The van der Waals surface area contributed by atoms with Crippen molar-refractivity contribution in [2.45, 2.75) is 0 Å². The molecule has 0 aliphatic carbocycles. The molecule has 6 nitrogen and oxygen atoms in total. The maximum Gasteiger partial charge on any atom is 0.137 e. The third kappa shape index (κ3) is 4.10. The highest BCUT2D eigenvalue weighted by Crippen LogP contribution is 2.31. The zero-order valence-corrected chi connectivity index (χ0v) is 15.1. The summed E-state index contributed by atoms with van der Waals surface area (Å²) >= 11 is 6.30. The monoisotopic (exact) mass is 360 g/mol. The third-order valence-corrected chi connectivity index (χ3v) is 4.19. The molecule has 0 aromatic carbocycles. The maximum absolute atomic E-state index is 6.30. The van der Waals surface area contributed by atoms with Gasteiger partial charge in [0.1, 0.15) is 16.6 Å². The largest absolute Gasteiger partial charge is 0.383 e. The number of fused-ring (bicyclic) bond motifs is 1. The van der Waals surface area contributed by atoms with E-state index in [1.807, 2.05) is 30.5 Å². The first-order valence-corrected chi connectivity index (χ1v) is 8.43. The highest BCUT2D eigenvalue weighted by atomic mass is 35.5. The lowest BCUT2D eigenvalue weighted by atomic mass is 10.1. The standard InChI is InChI=1S/C18H21ClN4O2/c1-24-8-6-23(7-9-25-2)17-11-13(10-16(19)22-17)15-12-21-18-14(15)4-3-5-20-18/h3-5,10-12H,6-9H2,1-2H3,(H,20,21). The van der Waals surface area contributed by atoms with Crippen molar-refractivity contribution >= 4 is 28.5 Å². The summed E-state index contributed by atoms with van der Waals surface area (Å²) in [4.78, 5) is 14.1. The van der Waals surface area contributed by atoms with Crippen LogP contribution in [0.5, 0.6) is 0 Å². The van der Waals surface area contributed by atoms with Crippen molar-refractivity contribution in [2.24, 2.45) is 0 Å². The van der Waals surface area contributed by atoms with Gasteiger partial charge in [0.2, 0.25) is 0 Å². The molecule has 25 heavy (non-hydrogen) atoms. The number of nitrogens with one attached hydrogen (secondary N) is 1. The van der Waals surface area contributed by atoms with Gasteiger partial charge in [-0.25, -0.2) is 9.97 Å². The molecule has 0 unspecified atom stereocenters. The number of nitrogens with zero attached hydrogens (tertiary/aromatic N) is 3. The van der Waals surface area contributed by atoms with Crippen molar-refractivity contribution in [3.63, 3.8) is 0 Å². The van der Waals surface area contributed by atoms with Crippen LogP contribution in [0.15, 0.2) is 36.7 Å². The first kappa shape index (κ1) is 17.7. The van der Waals surface area contributed by atoms with E-state index in [0.717, 1.165) is 28.0 Å². The van der Waals surface area contributed by atoms with Crippen LogP contribution in [0.2, 0.25) is 5.15 Å². The zero-order chi connectivity index (χ0) is 17.6. The molecule has 0 aliphatic rings. The molecule has 0 saturated heterocycles. The summed E-state index contributed by atoms with van der Waals surface area (Å²) in [6.45, 7) is 2.62. The molecule has 3 aromatic rings. The SMILES string of the molecule is COCCN(CCOC)c1cc(-c2c[nH]c3ncccc23)cc(Cl)n1. The van der Waals surface area contributed by atoms with Crippen molar-refractivity contribution in [1.82, 2.24) is 15.0 Å². The zero-order valence-electron chi connectivity index (χ0n) is 14.3. The van der Waals surface area contributed by atoms with Gasteiger partial charge in [0.15, 0.2) is 0 Å². The number of hydrogen-bond acceptors (Lipinski definition) is 5. The first-order chi connectivity index (χ1) is 12.2. The molecule has 0 fully saturated rings. The van der Waals surface area contributed by atoms with E-state index >= 15 is 0 Å². The number of anilines is 1. The quantitative estimate of drug-likeness (QED) is 0.624. The number of aromatic amines is 1. The van der Waals surface area contributed by atoms with Crippen LogP contribution >= 0.6 is 11.6 Å². The topological polar surface area (TPSA) is 63.3 Å². The lowest BCUT2D eigenvalue weighted by Gasteiger charge is -2.23. The Balaban J connectivity index is 1.98. The molecule has 3 rings (SSSR count). The molecule has 7 heteroatoms. The van der Waals surface area contributed by atoms with Crippen molar-refractivity contribution in [2.75, 3.05) is 45.4 Å². The van der Waals surface area contributed by atoms with E-state index in [2.05, 4.69) is 19.9 Å². The second kappa shape index (κ2) is 8.29. The Morgan fingerprint density at radius 2 is 1.92 bits per heavy atom. The van der Waals surface area contributed by atoms with Crippen LogP contribution in [0, 0.1) is 0 Å². The van der Waals surface area contributed by atoms with Gasteiger partial charge in [0, 0.05) is 50.7 Å². The molecule has 0 bridgehead atoms. The second-order valence-corrected chi connectivity index (χ2v) is 6.00. The van der Waals surface area contributed by atoms with Crippen LogP contribution in [0.4, 0.5) is 5.82 Å². The Hall–Kier alpha value is -2.15. The summed E-state index contributed by atoms with van der Waals surface area (Å²) in [5.74, 6) is 0.801. The fraction of sp³-hybridized carbons (Fsp3) is 0.333. The van der Waals surface area contributed by atoms with Gasteiger partial charge < -0.3 is 19.4 Å². The van der Waals surface area contributed by atoms with Crippen molar-refractivity contribution < 1.29 is 9.47 Å². The minimum atomic E-state index is 0.450. The fourth-order valence-corrected chi connectivity index (χ4v) is 2.94. The molecule has 3 heterocycles. The van der Waals surface area contributed by atoms with Crippen molar-refractivity contribution in [3.8, 4) is 11.1 Å². The average Bonchev–Trinajstić information content (AvgIpc) is 3.05. The van der Waals surface area contributed by atoms with Crippen LogP contribution < -0.4 is 4.90 Å². The van der Waals surface area contributed by atoms with E-state index < -0.39 is 0 Å². The highest BCUT2D eigenvalue weighted by Gasteiger charge is 2.13. The Morgan fingerprint density at radius 3 is 2.64 bits per heavy atom. The molecule has 0 saturated carbocycles. The van der Waals surface area contributed by atoms with E-state index in [4.69, 9.17) is 21.1 Å². The third-order valence-electron chi connectivity index (χ3n) is 4.00. The number of halogens is 1. The van der Waals surface area contributed by atoms with Gasteiger partial charge in [-0.3, -0.25) is 0 Å². The van der Waals surface area contributed by atoms with Gasteiger partial charge >= 0.3 is 0 Å². The number of hydrogen-bond donors (Lipinski definition) is 1. The summed E-state index contributed by atoms with van der Waals surface area (Å²) in [6, 6.07) is 7.86. The molecule has 132 valence electrons. The summed E-state index contributed by atoms with van der Waals surface area (Å²) < 4.78 is 10.4. The molecule has 0 atom stereocenters. The van der Waals surface area contributed by atoms with Crippen LogP contribution in [0.25, 0.3) is 22.2 Å². The Morgan fingerprint density at radius 1 is 1.16 bits per heavy atom. The minimum Gasteiger partial charge on any atom is -0.383 e. The van der Waals surface area contributed by atoms with E-state index in [-0.39, 0.29) is 0 Å². The van der Waals surface area contributed by atoms with Crippen LogP contribution in [0.1, 0.15) is 0 Å². The van der Waals surface area contributed by atoms with E-state index in [0.29, 0.717) is 31.5 Å². The average molecular weight is 361 g/mol. The van der Waals surface area contributed by atoms with Gasteiger partial charge in [0.25, 0.3) is 0 Å². The molecule has 0 radical (unpaired) electrons. The molecular weight excluding hydrogens is 340 g/mol. The molecule has 3 aromatic heterocycles. The fourth-order valence-electron chi connectivity index (χ4n) is 2.74. The predicted octanol–water partition coefficient (Wildman–Crippen LogP) is 3.38. The summed E-state index contributed by atoms with van der Waals surface area (Å²) in [6.07, 6.45) is 3.71. The highest BCUT2D eigenvalue weighted by molar-refractivity contribution is 6.29. The van der Waals surface area contributed by atoms with Crippen LogP contribution in [0.3, 0.4) is 0 Å². The lowest BCUT2D eigenvalue weighted by molar-refractivity contribution is 0.190. The second-order valence-electron chi connectivity index (χ2n) is 5.61. The number of pyridine rings is 2. The van der Waals surface area contributed by atoms with Crippen molar-refractivity contribution in [1.29, 1.82) is 0 Å². The van der Waals surface area contributed by atoms with E-state index in [1.165, 1.54) is 0 Å². The van der Waals surface area contributed by atoms with Gasteiger partial charge in [-0.2, -0.15) is 0 Å². The number of methoxy groups -OCH3 is 2. The van der Waals surface area contributed by atoms with Gasteiger partial charge in [-0.05, 0) is 29.8 Å². The van der Waals surface area contributed by atoms with Gasteiger partial charge in [-0.15, -0.1) is 0 Å². The van der Waals surface area contributed by atoms with E-state index in [1.54, 1.807) is 20.4 Å². The van der Waals surface area contributed by atoms with Gasteiger partial charge in [-0.1, -0.05) is 11.6 Å². The number of ether oxygens (including phenoxy) is 2. The first-order valence-electron chi connectivity index (χ1n) is 8.06. The number of rotatable bonds is 8. The minimum absolute atomic E-state index is 0.450. The molecule has 0 amide bonds. The summed E-state index contributed by atoms with van der Waals surface area (Å²) in [5.41, 5.74) is 2.89. The van der Waals surface area contributed by atoms with Crippen LogP contribution in [-0.4, -0.2) is 55.5 Å². The van der Waals surface area contributed by atoms with E-state index in [9.17, 15) is 0 Å². The number of H-pyrrole nitrogens is 1. The smallest absolute Gasteiger partial charge is 0.137 e. The molecule has 1 N–H and O–H groups in total. The lowest BCUT2D eigenvalue weighted by Crippen LogP contribution is -2.31.